The summed E-state index contributed by atoms with van der Waals surface area (Å²) in [7, 11) is 0. The number of nitrogens with one attached hydrogen (secondary N) is 1. The van der Waals surface area contributed by atoms with Crippen LogP contribution in [-0.2, 0) is 0 Å². The van der Waals surface area contributed by atoms with Gasteiger partial charge in [-0.05, 0) is 23.9 Å². The molecule has 0 aliphatic carbocycles. The molecule has 3 rings (SSSR count). The van der Waals surface area contributed by atoms with E-state index < -0.39 is 0 Å². The van der Waals surface area contributed by atoms with Gasteiger partial charge < -0.3 is 10.7 Å². The fourth-order valence-electron chi connectivity index (χ4n) is 1.40. The summed E-state index contributed by atoms with van der Waals surface area (Å²) in [5.41, 5.74) is 6.97. The van der Waals surface area contributed by atoms with Crippen LogP contribution in [0.15, 0.2) is 40.8 Å². The Morgan fingerprint density at radius 1 is 1.18 bits per heavy atom. The van der Waals surface area contributed by atoms with Gasteiger partial charge in [-0.25, -0.2) is 15.0 Å². The predicted octanol–water partition coefficient (Wildman–Crippen LogP) is 1.48. The van der Waals surface area contributed by atoms with E-state index in [0.29, 0.717) is 5.65 Å². The number of nitrogen functional groups attached to an aromatic ring is 1. The topological polar surface area (TPSA) is 93.4 Å². The monoisotopic (exact) mass is 244 g/mol. The number of imidazole rings is 1. The van der Waals surface area contributed by atoms with Gasteiger partial charge in [0.05, 0.1) is 6.33 Å². The smallest absolute Gasteiger partial charge is 0.223 e. The average Bonchev–Trinajstić information content (AvgIpc) is 2.78. The van der Waals surface area contributed by atoms with Crippen LogP contribution in [0.25, 0.3) is 11.2 Å². The largest absolute Gasteiger partial charge is 0.368 e. The average molecular weight is 244 g/mol. The molecule has 3 heterocycles. The van der Waals surface area contributed by atoms with Crippen molar-refractivity contribution >= 4 is 28.9 Å². The second-order valence-electron chi connectivity index (χ2n) is 3.26. The molecule has 0 radical (unpaired) electrons. The molecule has 6 nitrogen and oxygen atoms in total. The number of aromatic nitrogens is 5. The fraction of sp³-hybridized carbons (Fsp3) is 0. The molecule has 7 heteroatoms. The fourth-order valence-corrected chi connectivity index (χ4v) is 2.25. The zero-order chi connectivity index (χ0) is 11.7. The van der Waals surface area contributed by atoms with E-state index in [1.54, 1.807) is 12.5 Å². The molecule has 17 heavy (non-hydrogen) atoms. The maximum absolute atomic E-state index is 5.63. The quantitative estimate of drug-likeness (QED) is 0.663. The highest BCUT2D eigenvalue weighted by Crippen LogP contribution is 2.28. The molecule has 0 bridgehead atoms. The van der Waals surface area contributed by atoms with Crippen molar-refractivity contribution in [3.8, 4) is 0 Å². The molecule has 0 saturated heterocycles. The highest BCUT2D eigenvalue weighted by Gasteiger charge is 2.10. The zero-order valence-electron chi connectivity index (χ0n) is 8.66. The Bertz CT molecular complexity index is 650. The van der Waals surface area contributed by atoms with Gasteiger partial charge in [0, 0.05) is 6.20 Å². The SMILES string of the molecule is Nc1nc(Sc2ccccn2)c2[nH]cnc2n1. The lowest BCUT2D eigenvalue weighted by molar-refractivity contribution is 1.08. The van der Waals surface area contributed by atoms with Gasteiger partial charge in [-0.1, -0.05) is 6.07 Å². The number of H-pyrrole nitrogens is 1. The Morgan fingerprint density at radius 2 is 2.12 bits per heavy atom. The first-order valence-electron chi connectivity index (χ1n) is 4.88. The van der Waals surface area contributed by atoms with E-state index in [0.717, 1.165) is 15.6 Å². The summed E-state index contributed by atoms with van der Waals surface area (Å²) in [5.74, 6) is 0.211. The van der Waals surface area contributed by atoms with Crippen LogP contribution in [0.3, 0.4) is 0 Å². The number of aromatic amines is 1. The molecule has 3 aromatic rings. The van der Waals surface area contributed by atoms with E-state index >= 15 is 0 Å². The Hall–Kier alpha value is -2.15. The van der Waals surface area contributed by atoms with Crippen molar-refractivity contribution in [2.45, 2.75) is 10.1 Å². The number of fused-ring (bicyclic) bond motifs is 1. The molecule has 0 saturated carbocycles. The van der Waals surface area contributed by atoms with E-state index in [1.807, 2.05) is 18.2 Å². The number of hydrogen-bond donors (Lipinski definition) is 2. The third kappa shape index (κ3) is 1.92. The van der Waals surface area contributed by atoms with Crippen LogP contribution in [0.5, 0.6) is 0 Å². The lowest BCUT2D eigenvalue weighted by Gasteiger charge is -2.01. The second-order valence-corrected chi connectivity index (χ2v) is 4.27. The molecule has 0 aliphatic heterocycles. The first-order chi connectivity index (χ1) is 8.33. The van der Waals surface area contributed by atoms with Crippen LogP contribution < -0.4 is 5.73 Å². The number of pyridine rings is 1. The normalized spacial score (nSPS) is 10.8. The second kappa shape index (κ2) is 4.02. The minimum atomic E-state index is 0.211. The van der Waals surface area contributed by atoms with Crippen molar-refractivity contribution in [2.75, 3.05) is 5.73 Å². The third-order valence-electron chi connectivity index (χ3n) is 2.11. The van der Waals surface area contributed by atoms with Crippen LogP contribution in [-0.4, -0.2) is 24.9 Å². The van der Waals surface area contributed by atoms with E-state index in [-0.39, 0.29) is 5.95 Å². The molecular weight excluding hydrogens is 236 g/mol. The predicted molar refractivity (Wildman–Crippen MR) is 64.5 cm³/mol. The van der Waals surface area contributed by atoms with Crippen LogP contribution in [0.4, 0.5) is 5.95 Å². The van der Waals surface area contributed by atoms with Gasteiger partial charge in [0.1, 0.15) is 15.6 Å². The molecule has 0 amide bonds. The molecule has 3 aromatic heterocycles. The summed E-state index contributed by atoms with van der Waals surface area (Å²) in [6.07, 6.45) is 3.30. The summed E-state index contributed by atoms with van der Waals surface area (Å²) in [4.78, 5) is 19.5. The first-order valence-corrected chi connectivity index (χ1v) is 5.70. The Balaban J connectivity index is 2.08. The van der Waals surface area contributed by atoms with Crippen molar-refractivity contribution in [2.24, 2.45) is 0 Å². The van der Waals surface area contributed by atoms with Crippen LogP contribution in [0, 0.1) is 0 Å². The van der Waals surface area contributed by atoms with Crippen molar-refractivity contribution < 1.29 is 0 Å². The number of anilines is 1. The highest BCUT2D eigenvalue weighted by molar-refractivity contribution is 7.99. The van der Waals surface area contributed by atoms with Gasteiger partial charge in [-0.15, -0.1) is 0 Å². The Labute approximate surface area is 101 Å². The maximum Gasteiger partial charge on any atom is 0.223 e. The number of nitrogens with zero attached hydrogens (tertiary/aromatic N) is 4. The van der Waals surface area contributed by atoms with E-state index in [9.17, 15) is 0 Å². The van der Waals surface area contributed by atoms with E-state index in [1.165, 1.54) is 11.8 Å². The van der Waals surface area contributed by atoms with E-state index in [2.05, 4.69) is 24.9 Å². The van der Waals surface area contributed by atoms with Gasteiger partial charge in [0.15, 0.2) is 5.65 Å². The Morgan fingerprint density at radius 3 is 2.94 bits per heavy atom. The number of nitrogens with two attached hydrogens (primary N) is 1. The van der Waals surface area contributed by atoms with Crippen molar-refractivity contribution in [3.05, 3.63) is 30.7 Å². The van der Waals surface area contributed by atoms with Crippen molar-refractivity contribution in [1.82, 2.24) is 24.9 Å². The molecule has 3 N–H and O–H groups in total. The highest BCUT2D eigenvalue weighted by atomic mass is 32.2. The third-order valence-corrected chi connectivity index (χ3v) is 3.05. The van der Waals surface area contributed by atoms with Gasteiger partial charge in [0.2, 0.25) is 5.95 Å². The molecule has 0 unspecified atom stereocenters. The van der Waals surface area contributed by atoms with Crippen molar-refractivity contribution in [3.63, 3.8) is 0 Å². The summed E-state index contributed by atoms with van der Waals surface area (Å²) in [6, 6.07) is 5.69. The first kappa shape index (κ1) is 10.0. The zero-order valence-corrected chi connectivity index (χ0v) is 9.48. The molecular formula is C10H8N6S. The molecule has 0 aliphatic rings. The lowest BCUT2D eigenvalue weighted by Crippen LogP contribution is -1.97. The summed E-state index contributed by atoms with van der Waals surface area (Å²) in [5, 5.41) is 1.57. The molecule has 0 atom stereocenters. The molecule has 84 valence electrons. The maximum atomic E-state index is 5.63. The van der Waals surface area contributed by atoms with Crippen LogP contribution >= 0.6 is 11.8 Å². The molecule has 0 aromatic carbocycles. The lowest BCUT2D eigenvalue weighted by atomic mass is 10.5. The summed E-state index contributed by atoms with van der Waals surface area (Å²) >= 11 is 1.42. The summed E-state index contributed by atoms with van der Waals surface area (Å²) in [6.45, 7) is 0. The Kier molecular flexibility index (Phi) is 2.37. The molecule has 0 spiro atoms. The van der Waals surface area contributed by atoms with Gasteiger partial charge in [-0.3, -0.25) is 0 Å². The van der Waals surface area contributed by atoms with Gasteiger partial charge >= 0.3 is 0 Å². The van der Waals surface area contributed by atoms with Crippen molar-refractivity contribution in [1.29, 1.82) is 0 Å². The van der Waals surface area contributed by atoms with Crippen LogP contribution in [0.2, 0.25) is 0 Å². The molecule has 0 fully saturated rings. The van der Waals surface area contributed by atoms with Gasteiger partial charge in [0.25, 0.3) is 0 Å². The minimum absolute atomic E-state index is 0.211. The van der Waals surface area contributed by atoms with Gasteiger partial charge in [-0.2, -0.15) is 4.98 Å². The standard InChI is InChI=1S/C10H8N6S/c11-10-15-8-7(13-5-14-8)9(16-10)17-6-3-1-2-4-12-6/h1-5H,(H3,11,13,14,15,16). The van der Waals surface area contributed by atoms with E-state index in [4.69, 9.17) is 5.73 Å². The number of hydrogen-bond acceptors (Lipinski definition) is 6. The summed E-state index contributed by atoms with van der Waals surface area (Å²) < 4.78 is 0. The minimum Gasteiger partial charge on any atom is -0.368 e. The number of rotatable bonds is 2. The van der Waals surface area contributed by atoms with Crippen LogP contribution in [0.1, 0.15) is 0 Å².